The molecule has 1 aliphatic rings. The number of hydrogen-bond acceptors (Lipinski definition) is 2. The van der Waals surface area contributed by atoms with Crippen LogP contribution in [0.15, 0.2) is 28.7 Å². The van der Waals surface area contributed by atoms with Crippen LogP contribution in [0.5, 0.6) is 0 Å². The fourth-order valence-electron chi connectivity index (χ4n) is 2.41. The van der Waals surface area contributed by atoms with Gasteiger partial charge in [0.15, 0.2) is 0 Å². The molecule has 1 heterocycles. The van der Waals surface area contributed by atoms with Gasteiger partial charge in [-0.1, -0.05) is 28.1 Å². The number of benzene rings is 1. The molecule has 2 rings (SSSR count). The van der Waals surface area contributed by atoms with Gasteiger partial charge in [0, 0.05) is 24.2 Å². The van der Waals surface area contributed by atoms with Crippen LogP contribution in [0.4, 0.5) is 0 Å². The fraction of sp³-hybridized carbons (Fsp3) is 0.500. The van der Waals surface area contributed by atoms with E-state index in [0.717, 1.165) is 36.0 Å². The number of nitrogens with zero attached hydrogens (tertiary/aromatic N) is 1. The van der Waals surface area contributed by atoms with Crippen LogP contribution in [-0.4, -0.2) is 35.6 Å². The van der Waals surface area contributed by atoms with Gasteiger partial charge in [-0.15, -0.1) is 0 Å². The van der Waals surface area contributed by atoms with Crippen molar-refractivity contribution in [1.82, 2.24) is 4.90 Å². The molecule has 0 spiro atoms. The van der Waals surface area contributed by atoms with Crippen LogP contribution in [0, 0.1) is 5.92 Å². The number of likely N-dealkylation sites (tertiary alicyclic amines) is 1. The largest absolute Gasteiger partial charge is 0.396 e. The lowest BCUT2D eigenvalue weighted by atomic mass is 10.1. The van der Waals surface area contributed by atoms with Crippen LogP contribution in [0.2, 0.25) is 0 Å². The second kappa shape index (κ2) is 6.34. The van der Waals surface area contributed by atoms with E-state index in [9.17, 15) is 4.79 Å². The van der Waals surface area contributed by atoms with Gasteiger partial charge in [0.25, 0.3) is 0 Å². The molecule has 1 aromatic rings. The van der Waals surface area contributed by atoms with E-state index in [2.05, 4.69) is 15.9 Å². The quantitative estimate of drug-likeness (QED) is 0.926. The molecule has 1 aliphatic heterocycles. The number of rotatable bonds is 4. The third kappa shape index (κ3) is 3.56. The standard InChI is InChI=1S/C14H18BrNO2/c15-13-3-1-2-12(8-13)9-14(18)16-6-4-11(10-16)5-7-17/h1-3,8,11,17H,4-7,9-10H2. The summed E-state index contributed by atoms with van der Waals surface area (Å²) >= 11 is 3.41. The number of amides is 1. The van der Waals surface area contributed by atoms with Crippen molar-refractivity contribution < 1.29 is 9.90 Å². The van der Waals surface area contributed by atoms with E-state index >= 15 is 0 Å². The highest BCUT2D eigenvalue weighted by atomic mass is 79.9. The number of carbonyl (C=O) groups is 1. The van der Waals surface area contributed by atoms with Crippen molar-refractivity contribution in [2.24, 2.45) is 5.92 Å². The average Bonchev–Trinajstić information content (AvgIpc) is 2.78. The molecule has 1 unspecified atom stereocenters. The van der Waals surface area contributed by atoms with Crippen LogP contribution in [0.25, 0.3) is 0 Å². The highest BCUT2D eigenvalue weighted by molar-refractivity contribution is 9.10. The number of aliphatic hydroxyl groups excluding tert-OH is 1. The van der Waals surface area contributed by atoms with E-state index in [1.807, 2.05) is 29.2 Å². The van der Waals surface area contributed by atoms with Crippen LogP contribution < -0.4 is 0 Å². The van der Waals surface area contributed by atoms with Gasteiger partial charge in [0.2, 0.25) is 5.91 Å². The van der Waals surface area contributed by atoms with E-state index in [-0.39, 0.29) is 12.5 Å². The Morgan fingerprint density at radius 3 is 3.06 bits per heavy atom. The van der Waals surface area contributed by atoms with Crippen LogP contribution in [0.3, 0.4) is 0 Å². The maximum Gasteiger partial charge on any atom is 0.226 e. The van der Waals surface area contributed by atoms with Crippen LogP contribution in [0.1, 0.15) is 18.4 Å². The Hall–Kier alpha value is -0.870. The zero-order valence-corrected chi connectivity index (χ0v) is 11.9. The summed E-state index contributed by atoms with van der Waals surface area (Å²) in [5.41, 5.74) is 1.04. The summed E-state index contributed by atoms with van der Waals surface area (Å²) < 4.78 is 1.01. The summed E-state index contributed by atoms with van der Waals surface area (Å²) in [6, 6.07) is 7.87. The molecule has 1 aromatic carbocycles. The molecule has 0 aromatic heterocycles. The number of hydrogen-bond donors (Lipinski definition) is 1. The topological polar surface area (TPSA) is 40.5 Å². The lowest BCUT2D eigenvalue weighted by Crippen LogP contribution is -2.30. The minimum absolute atomic E-state index is 0.188. The predicted octanol–water partition coefficient (Wildman–Crippen LogP) is 2.22. The van der Waals surface area contributed by atoms with Crippen molar-refractivity contribution in [1.29, 1.82) is 0 Å². The molecule has 0 aliphatic carbocycles. The Kier molecular flexibility index (Phi) is 4.78. The third-order valence-electron chi connectivity index (χ3n) is 3.42. The average molecular weight is 312 g/mol. The molecular formula is C14H18BrNO2. The number of carbonyl (C=O) groups excluding carboxylic acids is 1. The minimum atomic E-state index is 0.188. The predicted molar refractivity (Wildman–Crippen MR) is 74.2 cm³/mol. The summed E-state index contributed by atoms with van der Waals surface area (Å²) in [5, 5.41) is 8.91. The Bertz CT molecular complexity index is 422. The van der Waals surface area contributed by atoms with Gasteiger partial charge in [-0.05, 0) is 36.5 Å². The van der Waals surface area contributed by atoms with E-state index in [1.165, 1.54) is 0 Å². The Balaban J connectivity index is 1.89. The van der Waals surface area contributed by atoms with Crippen LogP contribution >= 0.6 is 15.9 Å². The molecule has 1 saturated heterocycles. The van der Waals surface area contributed by atoms with E-state index in [4.69, 9.17) is 5.11 Å². The van der Waals surface area contributed by atoms with Crippen molar-refractivity contribution in [2.75, 3.05) is 19.7 Å². The highest BCUT2D eigenvalue weighted by Gasteiger charge is 2.25. The zero-order valence-electron chi connectivity index (χ0n) is 10.3. The zero-order chi connectivity index (χ0) is 13.0. The van der Waals surface area contributed by atoms with Crippen LogP contribution in [-0.2, 0) is 11.2 Å². The fourth-order valence-corrected chi connectivity index (χ4v) is 2.86. The Morgan fingerprint density at radius 1 is 1.50 bits per heavy atom. The van der Waals surface area contributed by atoms with Gasteiger partial charge in [0.1, 0.15) is 0 Å². The van der Waals surface area contributed by atoms with Crippen molar-refractivity contribution in [3.05, 3.63) is 34.3 Å². The smallest absolute Gasteiger partial charge is 0.226 e. The SMILES string of the molecule is O=C(Cc1cccc(Br)c1)N1CCC(CCO)C1. The van der Waals surface area contributed by atoms with Gasteiger partial charge in [0.05, 0.1) is 6.42 Å². The molecule has 0 radical (unpaired) electrons. The second-order valence-corrected chi connectivity index (χ2v) is 5.73. The van der Waals surface area contributed by atoms with Crippen molar-refractivity contribution >= 4 is 21.8 Å². The molecule has 4 heteroatoms. The molecular weight excluding hydrogens is 294 g/mol. The maximum atomic E-state index is 12.1. The summed E-state index contributed by atoms with van der Waals surface area (Å²) in [4.78, 5) is 14.0. The number of aliphatic hydroxyl groups is 1. The molecule has 18 heavy (non-hydrogen) atoms. The molecule has 1 amide bonds. The molecule has 3 nitrogen and oxygen atoms in total. The first-order valence-electron chi connectivity index (χ1n) is 6.32. The van der Waals surface area contributed by atoms with Crippen molar-refractivity contribution in [3.63, 3.8) is 0 Å². The van der Waals surface area contributed by atoms with E-state index < -0.39 is 0 Å². The van der Waals surface area contributed by atoms with Gasteiger partial charge >= 0.3 is 0 Å². The molecule has 0 saturated carbocycles. The van der Waals surface area contributed by atoms with E-state index in [0.29, 0.717) is 12.3 Å². The maximum absolute atomic E-state index is 12.1. The molecule has 1 N–H and O–H groups in total. The summed E-state index contributed by atoms with van der Waals surface area (Å²) in [6.07, 6.45) is 2.29. The third-order valence-corrected chi connectivity index (χ3v) is 3.91. The summed E-state index contributed by atoms with van der Waals surface area (Å²) in [5.74, 6) is 0.662. The Labute approximate surface area is 116 Å². The normalized spacial score (nSPS) is 19.2. The lowest BCUT2D eigenvalue weighted by molar-refractivity contribution is -0.129. The van der Waals surface area contributed by atoms with Gasteiger partial charge in [-0.2, -0.15) is 0 Å². The van der Waals surface area contributed by atoms with Crippen molar-refractivity contribution in [3.8, 4) is 0 Å². The minimum Gasteiger partial charge on any atom is -0.396 e. The Morgan fingerprint density at radius 2 is 2.33 bits per heavy atom. The molecule has 0 bridgehead atoms. The summed E-state index contributed by atoms with van der Waals surface area (Å²) in [7, 11) is 0. The first kappa shape index (κ1) is 13.6. The molecule has 1 fully saturated rings. The van der Waals surface area contributed by atoms with Crippen molar-refractivity contribution in [2.45, 2.75) is 19.3 Å². The highest BCUT2D eigenvalue weighted by Crippen LogP contribution is 2.20. The first-order valence-corrected chi connectivity index (χ1v) is 7.11. The molecule has 98 valence electrons. The summed E-state index contributed by atoms with van der Waals surface area (Å²) in [6.45, 7) is 1.85. The van der Waals surface area contributed by atoms with Gasteiger partial charge in [-0.25, -0.2) is 0 Å². The monoisotopic (exact) mass is 311 g/mol. The lowest BCUT2D eigenvalue weighted by Gasteiger charge is -2.16. The number of halogens is 1. The second-order valence-electron chi connectivity index (χ2n) is 4.81. The van der Waals surface area contributed by atoms with E-state index in [1.54, 1.807) is 0 Å². The van der Waals surface area contributed by atoms with Gasteiger partial charge in [-0.3, -0.25) is 4.79 Å². The first-order chi connectivity index (χ1) is 8.69. The molecule has 1 atom stereocenters. The van der Waals surface area contributed by atoms with Gasteiger partial charge < -0.3 is 10.0 Å².